The molecular weight excluding hydrogens is 521 g/mol. The predicted octanol–water partition coefficient (Wildman–Crippen LogP) is 5.31. The molecule has 3 aromatic rings. The summed E-state index contributed by atoms with van der Waals surface area (Å²) in [5, 5.41) is 0.487. The number of hydrogen-bond acceptors (Lipinski definition) is 5. The fourth-order valence-corrected chi connectivity index (χ4v) is 5.54. The average Bonchev–Trinajstić information content (AvgIpc) is 2.63. The van der Waals surface area contributed by atoms with Crippen LogP contribution in [0.4, 0.5) is 0 Å². The summed E-state index contributed by atoms with van der Waals surface area (Å²) in [6.07, 6.45) is 5.54. The Balaban J connectivity index is 0.000000221. The maximum Gasteiger partial charge on any atom is 0.177 e. The first-order valence-electron chi connectivity index (χ1n) is 7.96. The van der Waals surface area contributed by atoms with Crippen LogP contribution in [0.5, 0.6) is 0 Å². The van der Waals surface area contributed by atoms with Crippen molar-refractivity contribution in [2.45, 2.75) is 9.79 Å². The second-order valence-corrected chi connectivity index (χ2v) is 11.5. The second-order valence-electron chi connectivity index (χ2n) is 5.95. The van der Waals surface area contributed by atoms with Crippen molar-refractivity contribution in [2.24, 2.45) is 0 Å². The molecule has 1 heterocycles. The van der Waals surface area contributed by atoms with Crippen LogP contribution in [0.25, 0.3) is 11.1 Å². The fourth-order valence-electron chi connectivity index (χ4n) is 2.32. The zero-order valence-electron chi connectivity index (χ0n) is 15.3. The van der Waals surface area contributed by atoms with Crippen molar-refractivity contribution in [3.8, 4) is 11.1 Å². The van der Waals surface area contributed by atoms with Crippen molar-refractivity contribution in [3.05, 3.63) is 75.4 Å². The minimum absolute atomic E-state index is 0.147. The minimum atomic E-state index is -3.31. The smallest absolute Gasteiger partial charge is 0.177 e. The van der Waals surface area contributed by atoms with Crippen molar-refractivity contribution < 1.29 is 16.8 Å². The van der Waals surface area contributed by atoms with Crippen LogP contribution < -0.4 is 0 Å². The van der Waals surface area contributed by atoms with Gasteiger partial charge < -0.3 is 0 Å². The molecule has 1 aromatic heterocycles. The van der Waals surface area contributed by atoms with Gasteiger partial charge in [-0.2, -0.15) is 0 Å². The van der Waals surface area contributed by atoms with E-state index in [0.717, 1.165) is 18.1 Å². The molecule has 154 valence electrons. The zero-order chi connectivity index (χ0) is 21.8. The van der Waals surface area contributed by atoms with Crippen molar-refractivity contribution in [1.29, 1.82) is 0 Å². The van der Waals surface area contributed by atoms with E-state index in [4.69, 9.17) is 23.2 Å². The molecule has 0 aliphatic rings. The summed E-state index contributed by atoms with van der Waals surface area (Å²) in [7, 11) is -6.53. The third-order valence-corrected chi connectivity index (χ3v) is 7.88. The van der Waals surface area contributed by atoms with Crippen LogP contribution in [0.2, 0.25) is 10.0 Å². The number of rotatable bonds is 3. The van der Waals surface area contributed by atoms with E-state index in [1.54, 1.807) is 48.8 Å². The van der Waals surface area contributed by atoms with E-state index in [0.29, 0.717) is 10.0 Å². The lowest BCUT2D eigenvalue weighted by molar-refractivity contribution is 0.600. The van der Waals surface area contributed by atoms with Gasteiger partial charge in [-0.05, 0) is 51.8 Å². The van der Waals surface area contributed by atoms with Crippen molar-refractivity contribution >= 4 is 58.8 Å². The lowest BCUT2D eigenvalue weighted by atomic mass is 10.1. The largest absolute Gasteiger partial charge is 0.265 e. The van der Waals surface area contributed by atoms with Gasteiger partial charge in [0, 0.05) is 34.9 Å². The number of hydrogen-bond donors (Lipinski definition) is 0. The standard InChI is InChI=1S/C12H10ClNO2S.C7H6BrClO2S/c1-17(15,16)11-4-2-3-10(12(11)13)9-5-7-14-8-6-9;1-12(10,11)6-4-2-3-5(8)7(6)9/h2-8H,1H3;2-4H,1H3. The maximum absolute atomic E-state index is 11.5. The lowest BCUT2D eigenvalue weighted by Crippen LogP contribution is -1.98. The molecule has 3 rings (SSSR count). The van der Waals surface area contributed by atoms with E-state index in [9.17, 15) is 16.8 Å². The molecule has 0 radical (unpaired) electrons. The first-order valence-corrected chi connectivity index (χ1v) is 13.3. The molecule has 0 aliphatic carbocycles. The number of nitrogens with zero attached hydrogens (tertiary/aromatic N) is 1. The first kappa shape index (κ1) is 23.8. The van der Waals surface area contributed by atoms with Crippen LogP contribution in [-0.2, 0) is 19.7 Å². The minimum Gasteiger partial charge on any atom is -0.265 e. The Kier molecular flexibility index (Phi) is 7.86. The Morgan fingerprint density at radius 3 is 1.72 bits per heavy atom. The highest BCUT2D eigenvalue weighted by molar-refractivity contribution is 9.10. The molecule has 0 N–H and O–H groups in total. The van der Waals surface area contributed by atoms with Crippen LogP contribution in [-0.4, -0.2) is 34.3 Å². The molecule has 2 aromatic carbocycles. The highest BCUT2D eigenvalue weighted by atomic mass is 79.9. The fraction of sp³-hybridized carbons (Fsp3) is 0.105. The van der Waals surface area contributed by atoms with Crippen molar-refractivity contribution in [2.75, 3.05) is 12.5 Å². The first-order chi connectivity index (χ1) is 13.4. The summed E-state index contributed by atoms with van der Waals surface area (Å²) in [4.78, 5) is 4.21. The third-order valence-electron chi connectivity index (χ3n) is 3.67. The summed E-state index contributed by atoms with van der Waals surface area (Å²) < 4.78 is 45.9. The second kappa shape index (κ2) is 9.57. The van der Waals surface area contributed by atoms with Crippen LogP contribution in [0.15, 0.2) is 75.2 Å². The van der Waals surface area contributed by atoms with Crippen LogP contribution in [0.3, 0.4) is 0 Å². The van der Waals surface area contributed by atoms with Crippen LogP contribution >= 0.6 is 39.1 Å². The Morgan fingerprint density at radius 2 is 1.24 bits per heavy atom. The van der Waals surface area contributed by atoms with Gasteiger partial charge in [-0.3, -0.25) is 4.98 Å². The van der Waals surface area contributed by atoms with Gasteiger partial charge >= 0.3 is 0 Å². The number of pyridine rings is 1. The van der Waals surface area contributed by atoms with E-state index in [1.807, 2.05) is 0 Å². The number of aromatic nitrogens is 1. The Bertz CT molecular complexity index is 1230. The zero-order valence-corrected chi connectivity index (χ0v) is 20.0. The molecule has 0 unspecified atom stereocenters. The van der Waals surface area contributed by atoms with E-state index in [-0.39, 0.29) is 19.8 Å². The summed E-state index contributed by atoms with van der Waals surface area (Å²) in [6, 6.07) is 13.3. The van der Waals surface area contributed by atoms with Crippen LogP contribution in [0, 0.1) is 0 Å². The van der Waals surface area contributed by atoms with E-state index >= 15 is 0 Å². The van der Waals surface area contributed by atoms with Gasteiger partial charge in [-0.25, -0.2) is 16.8 Å². The SMILES string of the molecule is CS(=O)(=O)c1cccc(-c2ccncc2)c1Cl.CS(=O)(=O)c1cccc(Br)c1Cl. The molecular formula is C19H16BrCl2NO4S2. The number of sulfone groups is 2. The van der Waals surface area contributed by atoms with E-state index in [1.165, 1.54) is 12.1 Å². The normalized spacial score (nSPS) is 11.5. The van der Waals surface area contributed by atoms with Gasteiger partial charge in [0.2, 0.25) is 0 Å². The molecule has 10 heteroatoms. The van der Waals surface area contributed by atoms with Gasteiger partial charge in [0.05, 0.1) is 19.8 Å². The Hall–Kier alpha value is -1.45. The van der Waals surface area contributed by atoms with E-state index in [2.05, 4.69) is 20.9 Å². The quantitative estimate of drug-likeness (QED) is 0.453. The molecule has 5 nitrogen and oxygen atoms in total. The summed E-state index contributed by atoms with van der Waals surface area (Å²) in [5.74, 6) is 0. The molecule has 0 spiro atoms. The Morgan fingerprint density at radius 1 is 0.759 bits per heavy atom. The van der Waals surface area contributed by atoms with Gasteiger partial charge in [0.25, 0.3) is 0 Å². The maximum atomic E-state index is 11.5. The molecule has 0 fully saturated rings. The molecule has 0 aliphatic heterocycles. The van der Waals surface area contributed by atoms with Crippen LogP contribution in [0.1, 0.15) is 0 Å². The molecule has 0 saturated carbocycles. The van der Waals surface area contributed by atoms with Crippen molar-refractivity contribution in [3.63, 3.8) is 0 Å². The Labute approximate surface area is 188 Å². The van der Waals surface area contributed by atoms with Gasteiger partial charge in [-0.15, -0.1) is 0 Å². The van der Waals surface area contributed by atoms with Gasteiger partial charge in [0.15, 0.2) is 19.7 Å². The molecule has 0 atom stereocenters. The topological polar surface area (TPSA) is 81.2 Å². The molecule has 0 bridgehead atoms. The number of halogens is 3. The predicted molar refractivity (Wildman–Crippen MR) is 120 cm³/mol. The molecule has 29 heavy (non-hydrogen) atoms. The van der Waals surface area contributed by atoms with Gasteiger partial charge in [0.1, 0.15) is 0 Å². The van der Waals surface area contributed by atoms with Gasteiger partial charge in [-0.1, -0.05) is 41.4 Å². The lowest BCUT2D eigenvalue weighted by Gasteiger charge is -2.08. The van der Waals surface area contributed by atoms with E-state index < -0.39 is 19.7 Å². The highest BCUT2D eigenvalue weighted by Gasteiger charge is 2.15. The monoisotopic (exact) mass is 535 g/mol. The molecule has 0 saturated heterocycles. The number of benzene rings is 2. The summed E-state index contributed by atoms with van der Waals surface area (Å²) in [5.41, 5.74) is 1.53. The summed E-state index contributed by atoms with van der Waals surface area (Å²) >= 11 is 15.0. The third kappa shape index (κ3) is 6.26. The average molecular weight is 537 g/mol. The molecule has 0 amide bonds. The summed E-state index contributed by atoms with van der Waals surface area (Å²) in [6.45, 7) is 0. The van der Waals surface area contributed by atoms with Crippen molar-refractivity contribution in [1.82, 2.24) is 4.98 Å². The highest BCUT2D eigenvalue weighted by Crippen LogP contribution is 2.32.